The van der Waals surface area contributed by atoms with E-state index in [4.69, 9.17) is 9.47 Å². The second-order valence-corrected chi connectivity index (χ2v) is 13.5. The zero-order valence-corrected chi connectivity index (χ0v) is 18.0. The lowest BCUT2D eigenvalue weighted by molar-refractivity contribution is -0.152. The van der Waals surface area contributed by atoms with E-state index in [1.807, 2.05) is 18.2 Å². The average Bonchev–Trinajstić information content (AvgIpc) is 2.69. The Bertz CT molecular complexity index is 845. The first kappa shape index (κ1) is 20.1. The number of amides is 1. The molecule has 0 aromatic heterocycles. The first-order valence-corrected chi connectivity index (χ1v) is 13.0. The molecule has 1 aliphatic rings. The van der Waals surface area contributed by atoms with Crippen molar-refractivity contribution in [3.05, 3.63) is 60.2 Å². The summed E-state index contributed by atoms with van der Waals surface area (Å²) in [6.45, 7) is 6.72. The van der Waals surface area contributed by atoms with Gasteiger partial charge in [-0.2, -0.15) is 0 Å². The number of hydrogen-bond donors (Lipinski definition) is 0. The number of benzene rings is 2. The number of anilines is 1. The van der Waals surface area contributed by atoms with Crippen LogP contribution in [0.15, 0.2) is 54.6 Å². The van der Waals surface area contributed by atoms with Crippen LogP contribution < -0.4 is 9.64 Å². The third-order valence-electron chi connectivity index (χ3n) is 5.39. The highest BCUT2D eigenvalue weighted by molar-refractivity contribution is 6.78. The van der Waals surface area contributed by atoms with Crippen molar-refractivity contribution >= 4 is 25.6 Å². The molecular weight excluding hydrogens is 370 g/mol. The maximum absolute atomic E-state index is 13.3. The van der Waals surface area contributed by atoms with Gasteiger partial charge in [-0.15, -0.1) is 0 Å². The fourth-order valence-corrected chi connectivity index (χ4v) is 6.74. The molecule has 0 aliphatic carbocycles. The lowest BCUT2D eigenvalue weighted by Gasteiger charge is -2.51. The molecule has 0 spiro atoms. The number of carbonyl (C=O) groups is 2. The molecule has 0 N–H and O–H groups in total. The fourth-order valence-electron chi connectivity index (χ4n) is 4.15. The van der Waals surface area contributed by atoms with Crippen LogP contribution in [0.3, 0.4) is 0 Å². The minimum absolute atomic E-state index is 0.0276. The summed E-state index contributed by atoms with van der Waals surface area (Å²) in [4.78, 5) is 27.6. The number of esters is 1. The average molecular weight is 398 g/mol. The minimum Gasteiger partial charge on any atom is -0.497 e. The third kappa shape index (κ3) is 3.56. The van der Waals surface area contributed by atoms with Gasteiger partial charge in [0.2, 0.25) is 5.91 Å². The van der Waals surface area contributed by atoms with Gasteiger partial charge < -0.3 is 9.47 Å². The van der Waals surface area contributed by atoms with E-state index in [0.717, 1.165) is 5.56 Å². The third-order valence-corrected chi connectivity index (χ3v) is 7.94. The molecule has 0 saturated carbocycles. The van der Waals surface area contributed by atoms with Crippen molar-refractivity contribution in [1.82, 2.24) is 0 Å². The molecule has 1 fully saturated rings. The summed E-state index contributed by atoms with van der Waals surface area (Å²) in [6.07, 6.45) is 0. The normalized spacial score (nSPS) is 20.3. The number of nitrogens with zero attached hydrogens (tertiary/aromatic N) is 1. The predicted octanol–water partition coefficient (Wildman–Crippen LogP) is 3.86. The van der Waals surface area contributed by atoms with Crippen LogP contribution in [0.4, 0.5) is 5.69 Å². The van der Waals surface area contributed by atoms with E-state index in [9.17, 15) is 9.59 Å². The van der Waals surface area contributed by atoms with Crippen LogP contribution in [0.5, 0.6) is 5.75 Å². The Hall–Kier alpha value is -2.60. The van der Waals surface area contributed by atoms with Gasteiger partial charge in [0.25, 0.3) is 0 Å². The van der Waals surface area contributed by atoms with Gasteiger partial charge in [-0.05, 0) is 35.4 Å². The van der Waals surface area contributed by atoms with E-state index in [1.54, 1.807) is 36.3 Å². The molecule has 2 aromatic rings. The number of ether oxygens (including phenoxy) is 2. The van der Waals surface area contributed by atoms with Crippen molar-refractivity contribution in [2.45, 2.75) is 31.2 Å². The number of methoxy groups -OCH3 is 2. The van der Waals surface area contributed by atoms with E-state index < -0.39 is 20.0 Å². The van der Waals surface area contributed by atoms with Crippen LogP contribution in [-0.4, -0.2) is 40.2 Å². The van der Waals surface area contributed by atoms with Crippen molar-refractivity contribution in [2.24, 2.45) is 5.92 Å². The van der Waals surface area contributed by atoms with Gasteiger partial charge >= 0.3 is 5.97 Å². The molecule has 5 nitrogen and oxygen atoms in total. The molecule has 28 heavy (non-hydrogen) atoms. The molecule has 0 radical (unpaired) electrons. The van der Waals surface area contributed by atoms with Crippen molar-refractivity contribution in [3.8, 4) is 5.75 Å². The van der Waals surface area contributed by atoms with Gasteiger partial charge in [0.05, 0.1) is 28.2 Å². The van der Waals surface area contributed by atoms with Crippen LogP contribution in [0, 0.1) is 5.92 Å². The summed E-state index contributed by atoms with van der Waals surface area (Å²) in [6, 6.07) is 16.6. The predicted molar refractivity (Wildman–Crippen MR) is 112 cm³/mol. The van der Waals surface area contributed by atoms with E-state index >= 15 is 0 Å². The van der Waals surface area contributed by atoms with Crippen LogP contribution in [0.25, 0.3) is 0 Å². The Morgan fingerprint density at radius 2 is 1.61 bits per heavy atom. The lowest BCUT2D eigenvalue weighted by atomic mass is 9.81. The van der Waals surface area contributed by atoms with E-state index in [-0.39, 0.29) is 17.4 Å². The molecule has 2 aromatic carbocycles. The van der Waals surface area contributed by atoms with Gasteiger partial charge in [-0.3, -0.25) is 9.69 Å². The second-order valence-electron chi connectivity index (χ2n) is 8.15. The molecule has 0 unspecified atom stereocenters. The topological polar surface area (TPSA) is 55.8 Å². The molecule has 6 heteroatoms. The Labute approximate surface area is 167 Å². The SMILES string of the molecule is COC(=O)[C@@H]1[C@H]([C@@H](c2ccccc2)[Si](C)(C)C)C(=O)N1c1ccc(OC)cc1. The highest BCUT2D eigenvalue weighted by Crippen LogP contribution is 2.46. The molecule has 1 amide bonds. The zero-order chi connectivity index (χ0) is 20.5. The zero-order valence-electron chi connectivity index (χ0n) is 17.0. The Balaban J connectivity index is 2.02. The van der Waals surface area contributed by atoms with Crippen molar-refractivity contribution in [1.29, 1.82) is 0 Å². The van der Waals surface area contributed by atoms with Gasteiger partial charge in [-0.1, -0.05) is 50.0 Å². The first-order chi connectivity index (χ1) is 13.3. The van der Waals surface area contributed by atoms with Gasteiger partial charge in [-0.25, -0.2) is 4.79 Å². The smallest absolute Gasteiger partial charge is 0.329 e. The van der Waals surface area contributed by atoms with Gasteiger partial charge in [0.15, 0.2) is 0 Å². The summed E-state index contributed by atoms with van der Waals surface area (Å²) in [5, 5.41) is 0. The number of rotatable bonds is 6. The molecule has 3 atom stereocenters. The number of carbonyl (C=O) groups excluding carboxylic acids is 2. The van der Waals surface area contributed by atoms with Crippen molar-refractivity contribution in [3.63, 3.8) is 0 Å². The number of hydrogen-bond acceptors (Lipinski definition) is 4. The molecule has 3 rings (SSSR count). The number of β-lactam (4-membered cyclic amide) rings is 1. The van der Waals surface area contributed by atoms with E-state index in [0.29, 0.717) is 11.4 Å². The van der Waals surface area contributed by atoms with E-state index in [2.05, 4.69) is 31.8 Å². The quantitative estimate of drug-likeness (QED) is 0.422. The highest BCUT2D eigenvalue weighted by atomic mass is 28.3. The van der Waals surface area contributed by atoms with Crippen LogP contribution in [0.1, 0.15) is 11.1 Å². The highest BCUT2D eigenvalue weighted by Gasteiger charge is 2.58. The van der Waals surface area contributed by atoms with E-state index in [1.165, 1.54) is 7.11 Å². The standard InChI is InChI=1S/C22H27NO4Si/c1-26-17-13-11-16(12-14-17)23-19(22(25)27-2)18(21(23)24)20(28(3,4)5)15-9-7-6-8-10-15/h6-14,18-20H,1-5H3/t18-,19+,20-/m1/s1. The molecular formula is C22H27NO4Si. The minimum atomic E-state index is -1.82. The fraction of sp³-hybridized carbons (Fsp3) is 0.364. The maximum Gasteiger partial charge on any atom is 0.329 e. The Morgan fingerprint density at radius 3 is 2.11 bits per heavy atom. The molecule has 0 bridgehead atoms. The summed E-state index contributed by atoms with van der Waals surface area (Å²) in [5.41, 5.74) is 1.82. The molecule has 1 heterocycles. The monoisotopic (exact) mass is 397 g/mol. The first-order valence-electron chi connectivity index (χ1n) is 9.39. The summed E-state index contributed by atoms with van der Waals surface area (Å²) < 4.78 is 10.3. The summed E-state index contributed by atoms with van der Waals surface area (Å²) in [7, 11) is 1.15. The maximum atomic E-state index is 13.3. The van der Waals surface area contributed by atoms with Gasteiger partial charge in [0, 0.05) is 5.69 Å². The molecule has 1 saturated heterocycles. The van der Waals surface area contributed by atoms with Crippen molar-refractivity contribution in [2.75, 3.05) is 19.1 Å². The molecule has 148 valence electrons. The Morgan fingerprint density at radius 1 is 1.00 bits per heavy atom. The lowest BCUT2D eigenvalue weighted by Crippen LogP contribution is -2.68. The largest absolute Gasteiger partial charge is 0.497 e. The van der Waals surface area contributed by atoms with Crippen LogP contribution >= 0.6 is 0 Å². The van der Waals surface area contributed by atoms with Crippen LogP contribution in [-0.2, 0) is 14.3 Å². The molecule has 1 aliphatic heterocycles. The van der Waals surface area contributed by atoms with Crippen LogP contribution in [0.2, 0.25) is 19.6 Å². The van der Waals surface area contributed by atoms with Crippen molar-refractivity contribution < 1.29 is 19.1 Å². The Kier molecular flexibility index (Phi) is 5.61. The summed E-state index contributed by atoms with van der Waals surface area (Å²) in [5.74, 6) is -0.118. The summed E-state index contributed by atoms with van der Waals surface area (Å²) >= 11 is 0. The van der Waals surface area contributed by atoms with Gasteiger partial charge in [0.1, 0.15) is 11.8 Å². The second kappa shape index (κ2) is 7.79.